The first kappa shape index (κ1) is 29.1. The highest BCUT2D eigenvalue weighted by atomic mass is 16.7. The normalized spacial score (nSPS) is 25.4. The highest BCUT2D eigenvalue weighted by Gasteiger charge is 2.48. The minimum Gasteiger partial charge on any atom is -0.378 e. The highest BCUT2D eigenvalue weighted by molar-refractivity contribution is 5.13. The lowest BCUT2D eigenvalue weighted by Crippen LogP contribution is -2.61. The molecule has 8 heteroatoms. The van der Waals surface area contributed by atoms with Gasteiger partial charge in [0.25, 0.3) is 0 Å². The fraction of sp³-hybridized carbons (Fsp3) is 0.769. The Morgan fingerprint density at radius 2 is 1.56 bits per heavy atom. The molecule has 0 N–H and O–H groups in total. The van der Waals surface area contributed by atoms with Crippen molar-refractivity contribution < 1.29 is 37.9 Å². The summed E-state index contributed by atoms with van der Waals surface area (Å²) in [5.41, 5.74) is 1.06. The van der Waals surface area contributed by atoms with Crippen LogP contribution in [0.4, 0.5) is 0 Å². The summed E-state index contributed by atoms with van der Waals surface area (Å²) in [5, 5.41) is 0. The van der Waals surface area contributed by atoms with Gasteiger partial charge in [-0.1, -0.05) is 44.2 Å². The molecule has 0 radical (unpaired) electrons. The number of hydrogen-bond acceptors (Lipinski definition) is 8. The highest BCUT2D eigenvalue weighted by Crippen LogP contribution is 2.29. The Morgan fingerprint density at radius 3 is 2.15 bits per heavy atom. The Morgan fingerprint density at radius 1 is 0.882 bits per heavy atom. The topological polar surface area (TPSA) is 73.8 Å². The molecule has 0 aliphatic carbocycles. The summed E-state index contributed by atoms with van der Waals surface area (Å²) in [6.07, 6.45) is -2.01. The van der Waals surface area contributed by atoms with Crippen LogP contribution in [0.25, 0.3) is 0 Å². The van der Waals surface area contributed by atoms with Gasteiger partial charge < -0.3 is 37.9 Å². The minimum absolute atomic E-state index is 0.322. The van der Waals surface area contributed by atoms with Crippen LogP contribution in [-0.2, 0) is 44.5 Å². The van der Waals surface area contributed by atoms with Gasteiger partial charge in [0.05, 0.1) is 19.8 Å². The van der Waals surface area contributed by atoms with Crippen LogP contribution in [0.15, 0.2) is 30.3 Å². The van der Waals surface area contributed by atoms with E-state index in [1.54, 1.807) is 14.2 Å². The summed E-state index contributed by atoms with van der Waals surface area (Å²) in [5.74, 6) is 0.422. The molecule has 1 fully saturated rings. The summed E-state index contributed by atoms with van der Waals surface area (Å²) in [7, 11) is 3.31. The fourth-order valence-electron chi connectivity index (χ4n) is 3.93. The van der Waals surface area contributed by atoms with Gasteiger partial charge in [0.1, 0.15) is 24.4 Å². The minimum atomic E-state index is -0.656. The lowest BCUT2D eigenvalue weighted by Gasteiger charge is -2.45. The van der Waals surface area contributed by atoms with Crippen molar-refractivity contribution in [2.45, 2.75) is 77.7 Å². The third-order valence-electron chi connectivity index (χ3n) is 5.49. The second-order valence-corrected chi connectivity index (χ2v) is 8.64. The summed E-state index contributed by atoms with van der Waals surface area (Å²) < 4.78 is 47.7. The van der Waals surface area contributed by atoms with Crippen molar-refractivity contribution in [3.8, 4) is 0 Å². The smallest absolute Gasteiger partial charge is 0.186 e. The summed E-state index contributed by atoms with van der Waals surface area (Å²) in [6, 6.07) is 9.99. The maximum atomic E-state index is 6.35. The fourth-order valence-corrected chi connectivity index (χ4v) is 3.93. The van der Waals surface area contributed by atoms with E-state index in [-0.39, 0.29) is 18.5 Å². The molecule has 1 heterocycles. The zero-order chi connectivity index (χ0) is 24.8. The standard InChI is InChI=1S/C26H44O8/c1-7-30-22(31-8-2)14-15-32-26-25(33-17-20-12-10-9-11-13-20)24(28-6)23(27-5)21(34-26)18-29-16-19(3)4/h9-13,19,21-26H,7-8,14-18H2,1-6H3/t21-,23-,24+,25+,26-/m1/s1. The number of benzene rings is 1. The first-order valence-corrected chi connectivity index (χ1v) is 12.3. The zero-order valence-corrected chi connectivity index (χ0v) is 21.6. The van der Waals surface area contributed by atoms with Crippen LogP contribution in [0.5, 0.6) is 0 Å². The molecule has 1 aliphatic heterocycles. The van der Waals surface area contributed by atoms with E-state index in [0.29, 0.717) is 52.0 Å². The second kappa shape index (κ2) is 16.5. The molecule has 0 aromatic heterocycles. The first-order chi connectivity index (χ1) is 16.5. The average molecular weight is 485 g/mol. The van der Waals surface area contributed by atoms with Crippen molar-refractivity contribution in [2.24, 2.45) is 5.92 Å². The Kier molecular flexibility index (Phi) is 14.2. The van der Waals surface area contributed by atoms with E-state index in [9.17, 15) is 0 Å². The van der Waals surface area contributed by atoms with Gasteiger partial charge in [-0.05, 0) is 25.3 Å². The lowest BCUT2D eigenvalue weighted by atomic mass is 9.98. The monoisotopic (exact) mass is 484 g/mol. The molecule has 0 unspecified atom stereocenters. The molecule has 0 bridgehead atoms. The molecule has 0 saturated carbocycles. The van der Waals surface area contributed by atoms with Crippen LogP contribution in [0.1, 0.15) is 39.7 Å². The lowest BCUT2D eigenvalue weighted by molar-refractivity contribution is -0.321. The largest absolute Gasteiger partial charge is 0.378 e. The van der Waals surface area contributed by atoms with Crippen molar-refractivity contribution in [3.05, 3.63) is 35.9 Å². The molecule has 196 valence electrons. The molecule has 1 aliphatic rings. The first-order valence-electron chi connectivity index (χ1n) is 12.3. The summed E-state index contributed by atoms with van der Waals surface area (Å²) >= 11 is 0. The molecular formula is C26H44O8. The molecule has 34 heavy (non-hydrogen) atoms. The molecule has 1 aromatic carbocycles. The average Bonchev–Trinajstić information content (AvgIpc) is 2.83. The predicted octanol–water partition coefficient (Wildman–Crippen LogP) is 3.81. The van der Waals surface area contributed by atoms with Crippen LogP contribution in [-0.4, -0.2) is 84.2 Å². The third-order valence-corrected chi connectivity index (χ3v) is 5.49. The van der Waals surface area contributed by atoms with E-state index in [1.807, 2.05) is 44.2 Å². The van der Waals surface area contributed by atoms with Crippen molar-refractivity contribution >= 4 is 0 Å². The van der Waals surface area contributed by atoms with Gasteiger partial charge in [-0.15, -0.1) is 0 Å². The van der Waals surface area contributed by atoms with Crippen molar-refractivity contribution in [3.63, 3.8) is 0 Å². The van der Waals surface area contributed by atoms with Gasteiger partial charge in [-0.25, -0.2) is 0 Å². The molecular weight excluding hydrogens is 440 g/mol. The van der Waals surface area contributed by atoms with Crippen molar-refractivity contribution in [1.29, 1.82) is 0 Å². The third kappa shape index (κ3) is 9.51. The van der Waals surface area contributed by atoms with Crippen molar-refractivity contribution in [1.82, 2.24) is 0 Å². The van der Waals surface area contributed by atoms with Gasteiger partial charge in [0.15, 0.2) is 12.6 Å². The van der Waals surface area contributed by atoms with E-state index in [4.69, 9.17) is 37.9 Å². The van der Waals surface area contributed by atoms with Crippen LogP contribution in [0.2, 0.25) is 0 Å². The van der Waals surface area contributed by atoms with Crippen LogP contribution in [0, 0.1) is 5.92 Å². The van der Waals surface area contributed by atoms with Gasteiger partial charge in [0.2, 0.25) is 0 Å². The Hall–Kier alpha value is -1.10. The zero-order valence-electron chi connectivity index (χ0n) is 21.6. The van der Waals surface area contributed by atoms with E-state index in [0.717, 1.165) is 5.56 Å². The van der Waals surface area contributed by atoms with E-state index >= 15 is 0 Å². The molecule has 1 aromatic rings. The molecule has 0 amide bonds. The quantitative estimate of drug-likeness (QED) is 0.309. The molecule has 1 saturated heterocycles. The number of hydrogen-bond donors (Lipinski definition) is 0. The Bertz CT molecular complexity index is 622. The Labute approximate surface area is 205 Å². The maximum Gasteiger partial charge on any atom is 0.186 e. The molecule has 2 rings (SSSR count). The van der Waals surface area contributed by atoms with Crippen molar-refractivity contribution in [2.75, 3.05) is 47.3 Å². The van der Waals surface area contributed by atoms with Gasteiger partial charge in [-0.3, -0.25) is 0 Å². The van der Waals surface area contributed by atoms with Gasteiger partial charge in [-0.2, -0.15) is 0 Å². The van der Waals surface area contributed by atoms with E-state index in [1.165, 1.54) is 0 Å². The van der Waals surface area contributed by atoms with Gasteiger partial charge in [0, 0.05) is 40.5 Å². The molecule has 0 spiro atoms. The van der Waals surface area contributed by atoms with Crippen LogP contribution in [0.3, 0.4) is 0 Å². The molecule has 8 nitrogen and oxygen atoms in total. The summed E-state index contributed by atoms with van der Waals surface area (Å²) in [4.78, 5) is 0. The van der Waals surface area contributed by atoms with Gasteiger partial charge >= 0.3 is 0 Å². The van der Waals surface area contributed by atoms with E-state index in [2.05, 4.69) is 13.8 Å². The van der Waals surface area contributed by atoms with E-state index < -0.39 is 18.5 Å². The predicted molar refractivity (Wildman–Crippen MR) is 129 cm³/mol. The summed E-state index contributed by atoms with van der Waals surface area (Å²) in [6.45, 7) is 11.1. The van der Waals surface area contributed by atoms with Crippen LogP contribution < -0.4 is 0 Å². The Balaban J connectivity index is 2.11. The second-order valence-electron chi connectivity index (χ2n) is 8.64. The number of ether oxygens (including phenoxy) is 8. The maximum absolute atomic E-state index is 6.35. The SMILES string of the molecule is CCOC(CCO[C@@H]1O[C@H](COCC(C)C)[C@@H](OC)[C@H](OC)[C@@H]1OCc1ccccc1)OCC. The molecule has 5 atom stereocenters. The van der Waals surface area contributed by atoms with Crippen LogP contribution >= 0.6 is 0 Å². The number of rotatable bonds is 17. The number of methoxy groups -OCH3 is 2.